The van der Waals surface area contributed by atoms with E-state index in [1.54, 1.807) is 12.1 Å². The van der Waals surface area contributed by atoms with Gasteiger partial charge in [0.2, 0.25) is 10.0 Å². The maximum absolute atomic E-state index is 12.5. The van der Waals surface area contributed by atoms with Gasteiger partial charge in [-0.05, 0) is 55.4 Å². The van der Waals surface area contributed by atoms with Crippen LogP contribution in [0.1, 0.15) is 47.2 Å². The minimum atomic E-state index is -3.57. The molecule has 3 rings (SSSR count). The van der Waals surface area contributed by atoms with Crippen LogP contribution in [0.3, 0.4) is 0 Å². The molecule has 0 saturated carbocycles. The Bertz CT molecular complexity index is 841. The normalized spacial score (nSPS) is 17.3. The molecule has 0 spiro atoms. The highest BCUT2D eigenvalue weighted by Crippen LogP contribution is 2.31. The molecule has 0 fully saturated rings. The SMILES string of the molecule is CC(=O)c1ccc(S(=O)(=O)NCC2CCCc3ccccc32)cc1. The van der Waals surface area contributed by atoms with Crippen LogP contribution < -0.4 is 4.72 Å². The van der Waals surface area contributed by atoms with Gasteiger partial charge in [-0.15, -0.1) is 0 Å². The predicted octanol–water partition coefficient (Wildman–Crippen LogP) is 3.29. The van der Waals surface area contributed by atoms with Crippen molar-refractivity contribution in [3.05, 3.63) is 65.2 Å². The number of aryl methyl sites for hydroxylation is 1. The molecule has 24 heavy (non-hydrogen) atoms. The standard InChI is InChI=1S/C19H21NO3S/c1-14(21)15-9-11-18(12-10-15)24(22,23)20-13-17-7-4-6-16-5-2-3-8-19(16)17/h2-3,5,8-12,17,20H,4,6-7,13H2,1H3. The quantitative estimate of drug-likeness (QED) is 0.847. The summed E-state index contributed by atoms with van der Waals surface area (Å²) in [6.07, 6.45) is 3.13. The lowest BCUT2D eigenvalue weighted by atomic mass is 9.83. The number of hydrogen-bond acceptors (Lipinski definition) is 3. The van der Waals surface area contributed by atoms with E-state index in [0.29, 0.717) is 12.1 Å². The Balaban J connectivity index is 1.73. The third-order valence-electron chi connectivity index (χ3n) is 4.58. The van der Waals surface area contributed by atoms with Crippen molar-refractivity contribution in [2.75, 3.05) is 6.54 Å². The van der Waals surface area contributed by atoms with Gasteiger partial charge in [0.15, 0.2) is 5.78 Å². The second-order valence-corrected chi connectivity index (χ2v) is 7.99. The number of hydrogen-bond donors (Lipinski definition) is 1. The molecular formula is C19H21NO3S. The lowest BCUT2D eigenvalue weighted by molar-refractivity contribution is 0.101. The smallest absolute Gasteiger partial charge is 0.240 e. The largest absolute Gasteiger partial charge is 0.295 e. The van der Waals surface area contributed by atoms with Crippen LogP contribution in [0.25, 0.3) is 0 Å². The van der Waals surface area contributed by atoms with Crippen molar-refractivity contribution >= 4 is 15.8 Å². The lowest BCUT2D eigenvalue weighted by Crippen LogP contribution is -2.30. The minimum Gasteiger partial charge on any atom is -0.295 e. The Hall–Kier alpha value is -1.98. The van der Waals surface area contributed by atoms with Gasteiger partial charge in [0.1, 0.15) is 0 Å². The number of rotatable bonds is 5. The van der Waals surface area contributed by atoms with Crippen LogP contribution in [0.4, 0.5) is 0 Å². The highest BCUT2D eigenvalue weighted by Gasteiger charge is 2.22. The van der Waals surface area contributed by atoms with Crippen LogP contribution in [0, 0.1) is 0 Å². The molecule has 0 aliphatic heterocycles. The van der Waals surface area contributed by atoms with E-state index in [0.717, 1.165) is 19.3 Å². The fourth-order valence-corrected chi connectivity index (χ4v) is 4.31. The number of ketones is 1. The average molecular weight is 343 g/mol. The van der Waals surface area contributed by atoms with Gasteiger partial charge >= 0.3 is 0 Å². The fraction of sp³-hybridized carbons (Fsp3) is 0.316. The Kier molecular flexibility index (Phi) is 4.83. The van der Waals surface area contributed by atoms with Gasteiger partial charge in [-0.25, -0.2) is 13.1 Å². The highest BCUT2D eigenvalue weighted by molar-refractivity contribution is 7.89. The lowest BCUT2D eigenvalue weighted by Gasteiger charge is -2.25. The topological polar surface area (TPSA) is 63.2 Å². The van der Waals surface area contributed by atoms with Crippen molar-refractivity contribution in [3.63, 3.8) is 0 Å². The zero-order chi connectivity index (χ0) is 17.2. The molecule has 5 heteroatoms. The van der Waals surface area contributed by atoms with Crippen molar-refractivity contribution in [2.45, 2.75) is 37.0 Å². The van der Waals surface area contributed by atoms with E-state index in [-0.39, 0.29) is 16.6 Å². The van der Waals surface area contributed by atoms with Crippen LogP contribution in [0.5, 0.6) is 0 Å². The number of sulfonamides is 1. The first-order valence-corrected chi connectivity index (χ1v) is 9.64. The van der Waals surface area contributed by atoms with Crippen molar-refractivity contribution in [1.82, 2.24) is 4.72 Å². The molecule has 0 amide bonds. The van der Waals surface area contributed by atoms with Crippen LogP contribution in [0.2, 0.25) is 0 Å². The molecule has 2 aromatic carbocycles. The summed E-state index contributed by atoms with van der Waals surface area (Å²) in [6, 6.07) is 14.3. The Labute approximate surface area is 143 Å². The predicted molar refractivity (Wildman–Crippen MR) is 93.8 cm³/mol. The molecule has 0 bridgehead atoms. The van der Waals surface area contributed by atoms with E-state index >= 15 is 0 Å². The monoisotopic (exact) mass is 343 g/mol. The zero-order valence-corrected chi connectivity index (χ0v) is 14.5. The molecule has 1 unspecified atom stereocenters. The second kappa shape index (κ2) is 6.87. The van der Waals surface area contributed by atoms with Gasteiger partial charge in [0, 0.05) is 12.1 Å². The van der Waals surface area contributed by atoms with Crippen molar-refractivity contribution < 1.29 is 13.2 Å². The number of nitrogens with one attached hydrogen (secondary N) is 1. The Morgan fingerprint density at radius 1 is 1.12 bits per heavy atom. The molecule has 0 heterocycles. The Morgan fingerprint density at radius 2 is 1.83 bits per heavy atom. The molecule has 1 aliphatic rings. The second-order valence-electron chi connectivity index (χ2n) is 6.22. The van der Waals surface area contributed by atoms with E-state index in [4.69, 9.17) is 0 Å². The summed E-state index contributed by atoms with van der Waals surface area (Å²) < 4.78 is 27.7. The summed E-state index contributed by atoms with van der Waals surface area (Å²) in [6.45, 7) is 1.86. The molecule has 2 aromatic rings. The summed E-state index contributed by atoms with van der Waals surface area (Å²) in [5.41, 5.74) is 3.08. The fourth-order valence-electron chi connectivity index (χ4n) is 3.23. The molecule has 1 N–H and O–H groups in total. The molecule has 4 nitrogen and oxygen atoms in total. The molecule has 0 radical (unpaired) electrons. The maximum Gasteiger partial charge on any atom is 0.240 e. The number of carbonyl (C=O) groups is 1. The summed E-state index contributed by atoms with van der Waals surface area (Å²) in [5, 5.41) is 0. The molecule has 1 atom stereocenters. The average Bonchev–Trinajstić information content (AvgIpc) is 2.60. The van der Waals surface area contributed by atoms with Crippen LogP contribution >= 0.6 is 0 Å². The molecule has 0 aromatic heterocycles. The van der Waals surface area contributed by atoms with Gasteiger partial charge in [-0.3, -0.25) is 4.79 Å². The van der Waals surface area contributed by atoms with Crippen LogP contribution in [-0.4, -0.2) is 20.7 Å². The van der Waals surface area contributed by atoms with Crippen LogP contribution in [0.15, 0.2) is 53.4 Å². The van der Waals surface area contributed by atoms with Crippen LogP contribution in [-0.2, 0) is 16.4 Å². The summed E-state index contributed by atoms with van der Waals surface area (Å²) in [7, 11) is -3.57. The van der Waals surface area contributed by atoms with Gasteiger partial charge < -0.3 is 0 Å². The van der Waals surface area contributed by atoms with E-state index in [2.05, 4.69) is 16.9 Å². The molecular weight excluding hydrogens is 322 g/mol. The van der Waals surface area contributed by atoms with Gasteiger partial charge in [-0.2, -0.15) is 0 Å². The van der Waals surface area contributed by atoms with E-state index in [9.17, 15) is 13.2 Å². The molecule has 126 valence electrons. The molecule has 0 saturated heterocycles. The Morgan fingerprint density at radius 3 is 2.54 bits per heavy atom. The number of benzene rings is 2. The summed E-state index contributed by atoms with van der Waals surface area (Å²) in [4.78, 5) is 11.5. The summed E-state index contributed by atoms with van der Waals surface area (Å²) >= 11 is 0. The highest BCUT2D eigenvalue weighted by atomic mass is 32.2. The van der Waals surface area contributed by atoms with E-state index in [1.165, 1.54) is 30.2 Å². The number of carbonyl (C=O) groups excluding carboxylic acids is 1. The third-order valence-corrected chi connectivity index (χ3v) is 6.02. The maximum atomic E-state index is 12.5. The minimum absolute atomic E-state index is 0.0780. The number of fused-ring (bicyclic) bond motifs is 1. The first-order chi connectivity index (χ1) is 11.5. The van der Waals surface area contributed by atoms with Crippen molar-refractivity contribution in [3.8, 4) is 0 Å². The number of Topliss-reactive ketones (excluding diaryl/α,β-unsaturated/α-hetero) is 1. The van der Waals surface area contributed by atoms with E-state index < -0.39 is 10.0 Å². The van der Waals surface area contributed by atoms with E-state index in [1.807, 2.05) is 12.1 Å². The van der Waals surface area contributed by atoms with Crippen molar-refractivity contribution in [2.24, 2.45) is 0 Å². The first kappa shape index (κ1) is 16.9. The first-order valence-electron chi connectivity index (χ1n) is 8.16. The molecule has 1 aliphatic carbocycles. The van der Waals surface area contributed by atoms with Gasteiger partial charge in [0.05, 0.1) is 4.90 Å². The zero-order valence-electron chi connectivity index (χ0n) is 13.7. The van der Waals surface area contributed by atoms with Gasteiger partial charge in [0.25, 0.3) is 0 Å². The third kappa shape index (κ3) is 3.57. The summed E-state index contributed by atoms with van der Waals surface area (Å²) in [5.74, 6) is 0.131. The van der Waals surface area contributed by atoms with Crippen molar-refractivity contribution in [1.29, 1.82) is 0 Å². The van der Waals surface area contributed by atoms with Gasteiger partial charge in [-0.1, -0.05) is 36.4 Å².